The Morgan fingerprint density at radius 2 is 1.96 bits per heavy atom. The van der Waals surface area contributed by atoms with E-state index in [1.807, 2.05) is 40.7 Å². The molecule has 0 radical (unpaired) electrons. The molecule has 0 fully saturated rings. The van der Waals surface area contributed by atoms with Crippen molar-refractivity contribution < 1.29 is 13.9 Å². The minimum atomic E-state index is -0.717. The third-order valence-corrected chi connectivity index (χ3v) is 3.54. The molecule has 2 N–H and O–H groups in total. The highest BCUT2D eigenvalue weighted by atomic mass is 19.1. The van der Waals surface area contributed by atoms with Crippen LogP contribution in [-0.4, -0.2) is 16.6 Å². The molecule has 132 valence electrons. The van der Waals surface area contributed by atoms with E-state index >= 15 is 0 Å². The second-order valence-electron chi connectivity index (χ2n) is 7.66. The van der Waals surface area contributed by atoms with Gasteiger partial charge in [0, 0.05) is 11.1 Å². The third kappa shape index (κ3) is 4.93. The maximum Gasteiger partial charge on any atom is 0.312 e. The van der Waals surface area contributed by atoms with Crippen molar-refractivity contribution in [3.63, 3.8) is 0 Å². The molecule has 0 bridgehead atoms. The van der Waals surface area contributed by atoms with Crippen molar-refractivity contribution in [2.75, 3.05) is 5.73 Å². The molecule has 0 aliphatic carbocycles. The van der Waals surface area contributed by atoms with E-state index in [0.717, 1.165) is 11.1 Å². The Hall–Kier alpha value is -2.61. The zero-order valence-corrected chi connectivity index (χ0v) is 15.2. The van der Waals surface area contributed by atoms with Gasteiger partial charge in [-0.3, -0.25) is 4.79 Å². The first-order valence-corrected chi connectivity index (χ1v) is 8.06. The number of rotatable bonds is 4. The average Bonchev–Trinajstić information content (AvgIpc) is 2.48. The lowest BCUT2D eigenvalue weighted by Gasteiger charge is -2.28. The van der Waals surface area contributed by atoms with Crippen LogP contribution in [0.15, 0.2) is 24.3 Å². The molecule has 0 aliphatic rings. The lowest BCUT2D eigenvalue weighted by molar-refractivity contribution is -0.165. The van der Waals surface area contributed by atoms with Crippen LogP contribution in [0.2, 0.25) is 0 Å². The summed E-state index contributed by atoms with van der Waals surface area (Å²) in [7, 11) is 0. The van der Waals surface area contributed by atoms with Crippen LogP contribution in [0.5, 0.6) is 0 Å². The Balaban J connectivity index is 2.23. The Labute approximate surface area is 148 Å². The van der Waals surface area contributed by atoms with Crippen molar-refractivity contribution in [1.29, 1.82) is 0 Å². The molecule has 25 heavy (non-hydrogen) atoms. The topological polar surface area (TPSA) is 65.2 Å². The number of pyridine rings is 1. The number of aromatic nitrogens is 1. The highest BCUT2D eigenvalue weighted by Gasteiger charge is 2.33. The fourth-order valence-corrected chi connectivity index (χ4v) is 2.30. The summed E-state index contributed by atoms with van der Waals surface area (Å²) in [6.07, 6.45) is 0.433. The summed E-state index contributed by atoms with van der Waals surface area (Å²) in [5, 5.41) is 0. The summed E-state index contributed by atoms with van der Waals surface area (Å²) in [4.78, 5) is 16.4. The first kappa shape index (κ1) is 18.7. The van der Waals surface area contributed by atoms with Crippen molar-refractivity contribution in [2.24, 2.45) is 5.41 Å². The normalized spacial score (nSPS) is 11.8. The molecule has 0 unspecified atom stereocenters. The molecule has 1 aromatic heterocycles. The minimum Gasteiger partial charge on any atom is -0.460 e. The molecule has 0 amide bonds. The third-order valence-electron chi connectivity index (χ3n) is 3.54. The van der Waals surface area contributed by atoms with E-state index in [1.165, 1.54) is 6.07 Å². The van der Waals surface area contributed by atoms with E-state index < -0.39 is 16.8 Å². The number of halogens is 1. The monoisotopic (exact) mass is 342 g/mol. The average molecular weight is 342 g/mol. The Bertz CT molecular complexity index is 780. The number of hydrogen-bond acceptors (Lipinski definition) is 4. The van der Waals surface area contributed by atoms with Crippen molar-refractivity contribution in [2.45, 2.75) is 46.6 Å². The molecule has 1 aromatic carbocycles. The van der Waals surface area contributed by atoms with Crippen LogP contribution in [0.4, 0.5) is 10.2 Å². The van der Waals surface area contributed by atoms with Crippen LogP contribution in [0.25, 0.3) is 11.3 Å². The van der Waals surface area contributed by atoms with E-state index in [9.17, 15) is 9.18 Å². The predicted molar refractivity (Wildman–Crippen MR) is 95.0 cm³/mol. The molecular weight excluding hydrogens is 319 g/mol. The molecule has 5 heteroatoms. The summed E-state index contributed by atoms with van der Waals surface area (Å²) < 4.78 is 18.8. The SMILES string of the molecule is CC(C)(C)OC(=O)C(C)(C)Cc1c#ccc(-c2ccc(F)c(N)n2)c1. The minimum absolute atomic E-state index is 0.152. The first-order chi connectivity index (χ1) is 11.5. The predicted octanol–water partition coefficient (Wildman–Crippen LogP) is 3.98. The van der Waals surface area contributed by atoms with Crippen LogP contribution >= 0.6 is 0 Å². The zero-order valence-electron chi connectivity index (χ0n) is 15.2. The first-order valence-electron chi connectivity index (χ1n) is 8.06. The number of ether oxygens (including phenoxy) is 1. The van der Waals surface area contributed by atoms with E-state index in [1.54, 1.807) is 12.1 Å². The Kier molecular flexibility index (Phi) is 5.03. The van der Waals surface area contributed by atoms with Crippen LogP contribution < -0.4 is 5.73 Å². The maximum absolute atomic E-state index is 13.3. The molecule has 0 spiro atoms. The molecule has 0 saturated carbocycles. The van der Waals surface area contributed by atoms with Gasteiger partial charge >= 0.3 is 5.97 Å². The summed E-state index contributed by atoms with van der Waals surface area (Å²) in [6.45, 7) is 9.18. The molecule has 2 aromatic rings. The maximum atomic E-state index is 13.3. The van der Waals surface area contributed by atoms with Crippen LogP contribution in [0.3, 0.4) is 0 Å². The second kappa shape index (κ2) is 6.72. The van der Waals surface area contributed by atoms with Gasteiger partial charge in [-0.05, 0) is 65.3 Å². The number of esters is 1. The van der Waals surface area contributed by atoms with Gasteiger partial charge in [0.05, 0.1) is 11.1 Å². The quantitative estimate of drug-likeness (QED) is 0.854. The van der Waals surface area contributed by atoms with Gasteiger partial charge in [-0.15, -0.1) is 0 Å². The van der Waals surface area contributed by atoms with E-state index in [4.69, 9.17) is 10.5 Å². The summed E-state index contributed by atoms with van der Waals surface area (Å²) in [6, 6.07) is 12.3. The number of anilines is 1. The lowest BCUT2D eigenvalue weighted by atomic mass is 9.85. The molecule has 1 heterocycles. The fraction of sp³-hybridized carbons (Fsp3) is 0.400. The number of carbonyl (C=O) groups is 1. The zero-order chi connectivity index (χ0) is 18.8. The molecule has 4 nitrogen and oxygen atoms in total. The van der Waals surface area contributed by atoms with Crippen LogP contribution in [0, 0.1) is 23.4 Å². The number of hydrogen-bond donors (Lipinski definition) is 1. The highest BCUT2D eigenvalue weighted by molar-refractivity contribution is 5.76. The van der Waals surface area contributed by atoms with E-state index in [2.05, 4.69) is 17.1 Å². The Morgan fingerprint density at radius 1 is 1.28 bits per heavy atom. The molecule has 0 aliphatic heterocycles. The van der Waals surface area contributed by atoms with Crippen molar-refractivity contribution in [3.05, 3.63) is 47.8 Å². The van der Waals surface area contributed by atoms with Crippen molar-refractivity contribution >= 4 is 11.8 Å². The number of nitrogen functional groups attached to an aromatic ring is 1. The molecule has 0 atom stereocenters. The highest BCUT2D eigenvalue weighted by Crippen LogP contribution is 2.27. The smallest absolute Gasteiger partial charge is 0.312 e. The van der Waals surface area contributed by atoms with Crippen LogP contribution in [-0.2, 0) is 16.0 Å². The van der Waals surface area contributed by atoms with Crippen molar-refractivity contribution in [3.8, 4) is 11.3 Å². The van der Waals surface area contributed by atoms with Gasteiger partial charge in [-0.2, -0.15) is 0 Å². The molecule has 0 saturated heterocycles. The van der Waals surface area contributed by atoms with Gasteiger partial charge in [0.2, 0.25) is 0 Å². The number of nitrogens with zero attached hydrogens (tertiary/aromatic N) is 1. The number of nitrogens with two attached hydrogens (primary N) is 1. The van der Waals surface area contributed by atoms with E-state index in [0.29, 0.717) is 12.1 Å². The van der Waals surface area contributed by atoms with E-state index in [-0.39, 0.29) is 11.8 Å². The van der Waals surface area contributed by atoms with Gasteiger partial charge in [0.15, 0.2) is 11.6 Å². The van der Waals surface area contributed by atoms with Gasteiger partial charge in [0.1, 0.15) is 5.60 Å². The Morgan fingerprint density at radius 3 is 2.56 bits per heavy atom. The van der Waals surface area contributed by atoms with Crippen LogP contribution in [0.1, 0.15) is 40.2 Å². The fourth-order valence-electron chi connectivity index (χ4n) is 2.30. The van der Waals surface area contributed by atoms with Gasteiger partial charge < -0.3 is 10.5 Å². The summed E-state index contributed by atoms with van der Waals surface area (Å²) in [5.74, 6) is -0.981. The molecule has 2 rings (SSSR count). The largest absolute Gasteiger partial charge is 0.460 e. The summed E-state index contributed by atoms with van der Waals surface area (Å²) >= 11 is 0. The van der Waals surface area contributed by atoms with Gasteiger partial charge in [-0.1, -0.05) is 12.1 Å². The lowest BCUT2D eigenvalue weighted by Crippen LogP contribution is -2.35. The standard InChI is InChI=1S/C20H23FN2O2/c1-19(2,3)25-18(24)20(4,5)12-13-7-6-8-14(11-13)16-10-9-15(21)17(22)23-16/h8-11H,12H2,1-5H3,(H2,22,23). The number of carbonyl (C=O) groups excluding carboxylic acids is 1. The second-order valence-corrected chi connectivity index (χ2v) is 7.66. The van der Waals surface area contributed by atoms with Crippen molar-refractivity contribution in [1.82, 2.24) is 4.98 Å². The molecular formula is C20H23FN2O2. The summed E-state index contributed by atoms with van der Waals surface area (Å²) in [5.41, 5.74) is 6.34. The van der Waals surface area contributed by atoms with Gasteiger partial charge in [0.25, 0.3) is 0 Å². The van der Waals surface area contributed by atoms with Gasteiger partial charge in [-0.25, -0.2) is 9.37 Å².